The molecule has 10 heteroatoms. The van der Waals surface area contributed by atoms with Gasteiger partial charge in [-0.05, 0) is 26.0 Å². The third kappa shape index (κ3) is 7.06. The fourth-order valence-corrected chi connectivity index (χ4v) is 2.80. The van der Waals surface area contributed by atoms with Crippen LogP contribution >= 0.6 is 35.3 Å². The Morgan fingerprint density at radius 3 is 2.60 bits per heavy atom. The monoisotopic (exact) mass is 486 g/mol. The molecule has 0 aliphatic heterocycles. The van der Waals surface area contributed by atoms with Gasteiger partial charge in [-0.25, -0.2) is 4.98 Å². The molecule has 0 atom stereocenters. The van der Waals surface area contributed by atoms with Crippen LogP contribution in [0.15, 0.2) is 29.3 Å². The Labute approximate surface area is 164 Å². The van der Waals surface area contributed by atoms with E-state index in [0.717, 1.165) is 15.6 Å². The van der Waals surface area contributed by atoms with E-state index < -0.39 is 6.36 Å². The van der Waals surface area contributed by atoms with Gasteiger partial charge in [0, 0.05) is 17.8 Å². The van der Waals surface area contributed by atoms with Crippen LogP contribution in [-0.2, 0) is 6.42 Å². The Morgan fingerprint density at radius 2 is 2.00 bits per heavy atom. The molecule has 1 aromatic heterocycles. The molecular formula is C15H18F3IN4OS. The minimum absolute atomic E-state index is 0. The second kappa shape index (κ2) is 9.22. The highest BCUT2D eigenvalue weighted by molar-refractivity contribution is 14.0. The third-order valence-corrected chi connectivity index (χ3v) is 4.19. The number of halogens is 4. The lowest BCUT2D eigenvalue weighted by Crippen LogP contribution is -2.24. The van der Waals surface area contributed by atoms with Gasteiger partial charge in [0.25, 0.3) is 0 Å². The number of para-hydroxylation sites is 2. The van der Waals surface area contributed by atoms with Gasteiger partial charge >= 0.3 is 6.36 Å². The Balaban J connectivity index is 0.00000312. The summed E-state index contributed by atoms with van der Waals surface area (Å²) in [4.78, 5) is 9.64. The van der Waals surface area contributed by atoms with Crippen molar-refractivity contribution in [2.24, 2.45) is 10.7 Å². The molecule has 2 aromatic rings. The number of alkyl halides is 3. The summed E-state index contributed by atoms with van der Waals surface area (Å²) in [6, 6.07) is 5.63. The standard InChI is InChI=1S/C15H17F3N4OS.HI/c1-9-10(2)24-13(21-9)7-8-20-14(19)22-11-5-3-4-6-12(11)23-15(16,17)18;/h3-6H,7-8H2,1-2H3,(H3,19,20,22);1H. The van der Waals surface area contributed by atoms with Gasteiger partial charge in [-0.15, -0.1) is 48.5 Å². The molecule has 0 amide bonds. The highest BCUT2D eigenvalue weighted by Crippen LogP contribution is 2.29. The molecule has 0 unspecified atom stereocenters. The van der Waals surface area contributed by atoms with Gasteiger partial charge in [0.2, 0.25) is 0 Å². The number of rotatable bonds is 5. The number of ether oxygens (including phenoxy) is 1. The molecule has 3 N–H and O–H groups in total. The van der Waals surface area contributed by atoms with Gasteiger partial charge in [0.15, 0.2) is 11.7 Å². The first kappa shape index (κ1) is 21.5. The quantitative estimate of drug-likeness (QED) is 0.377. The van der Waals surface area contributed by atoms with Crippen molar-refractivity contribution >= 4 is 47.0 Å². The van der Waals surface area contributed by atoms with E-state index in [1.54, 1.807) is 17.4 Å². The molecule has 0 aliphatic rings. The fraction of sp³-hybridized carbons (Fsp3) is 0.333. The second-order valence-corrected chi connectivity index (χ2v) is 6.22. The summed E-state index contributed by atoms with van der Waals surface area (Å²) in [5.41, 5.74) is 6.81. The average Bonchev–Trinajstić information content (AvgIpc) is 2.78. The first-order chi connectivity index (χ1) is 11.2. The van der Waals surface area contributed by atoms with Gasteiger partial charge in [-0.2, -0.15) is 0 Å². The lowest BCUT2D eigenvalue weighted by atomic mass is 10.3. The van der Waals surface area contributed by atoms with Crippen molar-refractivity contribution in [3.63, 3.8) is 0 Å². The maximum absolute atomic E-state index is 12.4. The van der Waals surface area contributed by atoms with Crippen LogP contribution < -0.4 is 15.8 Å². The minimum Gasteiger partial charge on any atom is -0.404 e. The lowest BCUT2D eigenvalue weighted by molar-refractivity contribution is -0.274. The van der Waals surface area contributed by atoms with E-state index in [0.29, 0.717) is 13.0 Å². The van der Waals surface area contributed by atoms with E-state index in [9.17, 15) is 13.2 Å². The first-order valence-corrected chi connectivity index (χ1v) is 7.91. The summed E-state index contributed by atoms with van der Waals surface area (Å²) in [5.74, 6) is -0.354. The smallest absolute Gasteiger partial charge is 0.404 e. The number of aliphatic imine (C=N–C) groups is 1. The number of hydrogen-bond donors (Lipinski definition) is 2. The Bertz CT molecular complexity index is 714. The van der Waals surface area contributed by atoms with E-state index in [1.807, 2.05) is 13.8 Å². The van der Waals surface area contributed by atoms with E-state index in [-0.39, 0.29) is 41.4 Å². The largest absolute Gasteiger partial charge is 0.573 e. The van der Waals surface area contributed by atoms with Crippen molar-refractivity contribution in [3.8, 4) is 5.75 Å². The summed E-state index contributed by atoms with van der Waals surface area (Å²) >= 11 is 1.59. The number of nitrogens with two attached hydrogens (primary N) is 1. The van der Waals surface area contributed by atoms with Crippen LogP contribution in [0.3, 0.4) is 0 Å². The molecule has 0 bridgehead atoms. The van der Waals surface area contributed by atoms with Crippen LogP contribution in [0, 0.1) is 13.8 Å². The molecule has 0 spiro atoms. The summed E-state index contributed by atoms with van der Waals surface area (Å²) in [7, 11) is 0. The van der Waals surface area contributed by atoms with Gasteiger partial charge < -0.3 is 15.8 Å². The number of aryl methyl sites for hydroxylation is 2. The van der Waals surface area contributed by atoms with E-state index in [2.05, 4.69) is 20.0 Å². The van der Waals surface area contributed by atoms with Crippen LogP contribution in [0.2, 0.25) is 0 Å². The van der Waals surface area contributed by atoms with Gasteiger partial charge in [-0.3, -0.25) is 4.99 Å². The van der Waals surface area contributed by atoms with Gasteiger partial charge in [0.05, 0.1) is 16.4 Å². The molecule has 138 valence electrons. The van der Waals surface area contributed by atoms with Crippen molar-refractivity contribution < 1.29 is 17.9 Å². The summed E-state index contributed by atoms with van der Waals surface area (Å²) < 4.78 is 41.0. The normalized spacial score (nSPS) is 11.8. The number of guanidine groups is 1. The minimum atomic E-state index is -4.77. The van der Waals surface area contributed by atoms with Crippen molar-refractivity contribution in [2.75, 3.05) is 11.9 Å². The molecule has 2 rings (SSSR count). The summed E-state index contributed by atoms with van der Waals surface area (Å²) in [6.45, 7) is 4.31. The third-order valence-electron chi connectivity index (χ3n) is 3.06. The molecule has 1 aromatic carbocycles. The van der Waals surface area contributed by atoms with Crippen molar-refractivity contribution in [1.82, 2.24) is 4.98 Å². The molecule has 0 saturated heterocycles. The van der Waals surface area contributed by atoms with Crippen LogP contribution in [0.1, 0.15) is 15.6 Å². The SMILES string of the molecule is Cc1nc(CCN=C(N)Nc2ccccc2OC(F)(F)F)sc1C.I. The number of thiazole rings is 1. The highest BCUT2D eigenvalue weighted by atomic mass is 127. The topological polar surface area (TPSA) is 72.5 Å². The molecule has 5 nitrogen and oxygen atoms in total. The molecular weight excluding hydrogens is 468 g/mol. The zero-order valence-corrected chi connectivity index (χ0v) is 16.7. The predicted molar refractivity (Wildman–Crippen MR) is 104 cm³/mol. The zero-order valence-electron chi connectivity index (χ0n) is 13.6. The predicted octanol–water partition coefficient (Wildman–Crippen LogP) is 4.25. The Kier molecular flexibility index (Phi) is 7.93. The maximum Gasteiger partial charge on any atom is 0.573 e. The van der Waals surface area contributed by atoms with Crippen molar-refractivity contribution in [1.29, 1.82) is 0 Å². The molecule has 0 radical (unpaired) electrons. The number of hydrogen-bond acceptors (Lipinski definition) is 4. The second-order valence-electron chi connectivity index (χ2n) is 4.94. The summed E-state index contributed by atoms with van der Waals surface area (Å²) in [5, 5.41) is 3.57. The number of nitrogens with one attached hydrogen (secondary N) is 1. The molecule has 0 aliphatic carbocycles. The average molecular weight is 486 g/mol. The molecule has 25 heavy (non-hydrogen) atoms. The van der Waals surface area contributed by atoms with E-state index in [1.165, 1.54) is 18.2 Å². The van der Waals surface area contributed by atoms with E-state index >= 15 is 0 Å². The number of nitrogens with zero attached hydrogens (tertiary/aromatic N) is 2. The number of benzene rings is 1. The number of aromatic nitrogens is 1. The summed E-state index contributed by atoms with van der Waals surface area (Å²) in [6.07, 6.45) is -4.16. The van der Waals surface area contributed by atoms with E-state index in [4.69, 9.17) is 5.73 Å². The van der Waals surface area contributed by atoms with Gasteiger partial charge in [-0.1, -0.05) is 12.1 Å². The van der Waals surface area contributed by atoms with Gasteiger partial charge in [0.1, 0.15) is 0 Å². The van der Waals surface area contributed by atoms with Crippen LogP contribution in [0.25, 0.3) is 0 Å². The Morgan fingerprint density at radius 1 is 1.32 bits per heavy atom. The first-order valence-electron chi connectivity index (χ1n) is 7.09. The van der Waals surface area contributed by atoms with Crippen LogP contribution in [0.4, 0.5) is 18.9 Å². The zero-order chi connectivity index (χ0) is 17.7. The molecule has 0 saturated carbocycles. The maximum atomic E-state index is 12.4. The van der Waals surface area contributed by atoms with Crippen LogP contribution in [0.5, 0.6) is 5.75 Å². The molecule has 0 fully saturated rings. The Hall–Kier alpha value is -1.56. The number of anilines is 1. The highest BCUT2D eigenvalue weighted by Gasteiger charge is 2.32. The lowest BCUT2D eigenvalue weighted by Gasteiger charge is -2.14. The fourth-order valence-electron chi connectivity index (χ4n) is 1.88. The van der Waals surface area contributed by atoms with Crippen molar-refractivity contribution in [2.45, 2.75) is 26.6 Å². The van der Waals surface area contributed by atoms with Crippen molar-refractivity contribution in [3.05, 3.63) is 39.8 Å². The molecule has 1 heterocycles. The van der Waals surface area contributed by atoms with Crippen LogP contribution in [-0.4, -0.2) is 23.9 Å².